The molecule has 0 heterocycles. The smallest absolute Gasteiger partial charge is 0.303 e. The second-order valence-corrected chi connectivity index (χ2v) is 5.16. The first-order valence-corrected chi connectivity index (χ1v) is 7.77. The van der Waals surface area contributed by atoms with Crippen LogP contribution < -0.4 is 5.73 Å². The molecule has 22 heavy (non-hydrogen) atoms. The van der Waals surface area contributed by atoms with Crippen LogP contribution in [-0.4, -0.2) is 11.1 Å². The molecular formula is C19H25NO2. The van der Waals surface area contributed by atoms with Gasteiger partial charge in [-0.15, -0.1) is 0 Å². The highest BCUT2D eigenvalue weighted by Gasteiger charge is 1.98. The molecule has 0 atom stereocenters. The number of nitrogen functional groups attached to an aromatic ring is 1. The van der Waals surface area contributed by atoms with Crippen molar-refractivity contribution in [3.8, 4) is 11.1 Å². The van der Waals surface area contributed by atoms with Gasteiger partial charge in [0, 0.05) is 17.7 Å². The minimum Gasteiger partial charge on any atom is -0.481 e. The van der Waals surface area contributed by atoms with Gasteiger partial charge >= 0.3 is 5.97 Å². The van der Waals surface area contributed by atoms with Gasteiger partial charge in [-0.2, -0.15) is 0 Å². The van der Waals surface area contributed by atoms with Gasteiger partial charge in [0.15, 0.2) is 0 Å². The summed E-state index contributed by atoms with van der Waals surface area (Å²) in [4.78, 5) is 9.96. The van der Waals surface area contributed by atoms with Gasteiger partial charge in [-0.05, 0) is 18.1 Å². The normalized spacial score (nSPS) is 9.68. The minimum absolute atomic E-state index is 0.333. The first kappa shape index (κ1) is 17.8. The monoisotopic (exact) mass is 299 g/mol. The van der Waals surface area contributed by atoms with E-state index >= 15 is 0 Å². The number of unbranched alkanes of at least 4 members (excludes halogenated alkanes) is 3. The van der Waals surface area contributed by atoms with Crippen molar-refractivity contribution < 1.29 is 9.90 Å². The van der Waals surface area contributed by atoms with Crippen LogP contribution in [0.2, 0.25) is 0 Å². The van der Waals surface area contributed by atoms with Gasteiger partial charge in [0.25, 0.3) is 0 Å². The maximum atomic E-state index is 9.96. The quantitative estimate of drug-likeness (QED) is 0.584. The predicted molar refractivity (Wildman–Crippen MR) is 92.7 cm³/mol. The molecule has 0 fully saturated rings. The van der Waals surface area contributed by atoms with Gasteiger partial charge < -0.3 is 10.8 Å². The molecular weight excluding hydrogens is 274 g/mol. The summed E-state index contributed by atoms with van der Waals surface area (Å²) in [5, 5.41) is 8.21. The topological polar surface area (TPSA) is 63.3 Å². The number of hydrogen-bond donors (Lipinski definition) is 2. The molecule has 0 saturated carbocycles. The molecule has 3 heteroatoms. The van der Waals surface area contributed by atoms with Crippen molar-refractivity contribution in [1.29, 1.82) is 0 Å². The lowest BCUT2D eigenvalue weighted by atomic mass is 10.0. The summed E-state index contributed by atoms with van der Waals surface area (Å²) in [5.41, 5.74) is 8.95. The van der Waals surface area contributed by atoms with Crippen LogP contribution in [0, 0.1) is 0 Å². The molecule has 0 aliphatic rings. The summed E-state index contributed by atoms with van der Waals surface area (Å²) in [6.45, 7) is 2.11. The highest BCUT2D eigenvalue weighted by Crippen LogP contribution is 2.24. The van der Waals surface area contributed by atoms with E-state index < -0.39 is 5.97 Å². The summed E-state index contributed by atoms with van der Waals surface area (Å²) in [5.74, 6) is -0.675. The van der Waals surface area contributed by atoms with Crippen molar-refractivity contribution in [3.63, 3.8) is 0 Å². The zero-order valence-corrected chi connectivity index (χ0v) is 13.2. The summed E-state index contributed by atoms with van der Waals surface area (Å²) >= 11 is 0. The Morgan fingerprint density at radius 3 is 2.18 bits per heavy atom. The molecule has 3 nitrogen and oxygen atoms in total. The van der Waals surface area contributed by atoms with Crippen LogP contribution in [0.1, 0.15) is 39.0 Å². The molecule has 0 unspecified atom stereocenters. The second kappa shape index (κ2) is 10.4. The van der Waals surface area contributed by atoms with Crippen LogP contribution >= 0.6 is 0 Å². The maximum absolute atomic E-state index is 9.96. The molecule has 0 aromatic heterocycles. The number of nitrogens with two attached hydrogens (primary N) is 1. The Morgan fingerprint density at radius 2 is 1.59 bits per heavy atom. The number of carboxylic acid groups (broad SMARTS) is 1. The lowest BCUT2D eigenvalue weighted by molar-refractivity contribution is -0.137. The number of benzene rings is 2. The van der Waals surface area contributed by atoms with E-state index in [2.05, 4.69) is 19.1 Å². The Kier molecular flexibility index (Phi) is 8.43. The Balaban J connectivity index is 0.000000239. The number of anilines is 1. The molecule has 2 aromatic carbocycles. The molecule has 0 aliphatic heterocycles. The van der Waals surface area contributed by atoms with E-state index in [0.29, 0.717) is 6.42 Å². The lowest BCUT2D eigenvalue weighted by Crippen LogP contribution is -1.92. The van der Waals surface area contributed by atoms with Gasteiger partial charge in [0.2, 0.25) is 0 Å². The minimum atomic E-state index is -0.675. The fraction of sp³-hybridized carbons (Fsp3) is 0.316. The summed E-state index contributed by atoms with van der Waals surface area (Å²) < 4.78 is 0. The highest BCUT2D eigenvalue weighted by atomic mass is 16.4. The number of aliphatic carboxylic acids is 1. The van der Waals surface area contributed by atoms with Crippen molar-refractivity contribution in [1.82, 2.24) is 0 Å². The van der Waals surface area contributed by atoms with E-state index in [9.17, 15) is 4.79 Å². The molecule has 0 radical (unpaired) electrons. The van der Waals surface area contributed by atoms with Crippen molar-refractivity contribution in [2.24, 2.45) is 0 Å². The first-order chi connectivity index (χ1) is 10.6. The molecule has 0 spiro atoms. The van der Waals surface area contributed by atoms with Gasteiger partial charge in [-0.1, -0.05) is 74.7 Å². The average Bonchev–Trinajstić information content (AvgIpc) is 2.53. The van der Waals surface area contributed by atoms with E-state index in [1.54, 1.807) is 0 Å². The number of para-hydroxylation sites is 1. The zero-order chi connectivity index (χ0) is 16.2. The van der Waals surface area contributed by atoms with E-state index in [1.165, 1.54) is 12.0 Å². The van der Waals surface area contributed by atoms with Crippen LogP contribution in [-0.2, 0) is 4.79 Å². The summed E-state index contributed by atoms with van der Waals surface area (Å²) in [6.07, 6.45) is 4.55. The molecule has 3 N–H and O–H groups in total. The SMILES string of the molecule is CCCCCCC(=O)O.Nc1ccccc1-c1ccccc1. The maximum Gasteiger partial charge on any atom is 0.303 e. The standard InChI is InChI=1S/C12H11N.C7H14O2/c13-12-9-5-4-8-11(12)10-6-2-1-3-7-10;1-2-3-4-5-6-7(8)9/h1-9H,13H2;2-6H2,1H3,(H,8,9). The third-order valence-corrected chi connectivity index (χ3v) is 3.29. The second-order valence-electron chi connectivity index (χ2n) is 5.16. The van der Waals surface area contributed by atoms with E-state index in [0.717, 1.165) is 30.5 Å². The Bertz CT molecular complexity index is 552. The molecule has 118 valence electrons. The van der Waals surface area contributed by atoms with Crippen molar-refractivity contribution in [3.05, 3.63) is 54.6 Å². The third kappa shape index (κ3) is 6.93. The average molecular weight is 299 g/mol. The third-order valence-electron chi connectivity index (χ3n) is 3.29. The van der Waals surface area contributed by atoms with E-state index in [-0.39, 0.29) is 0 Å². The van der Waals surface area contributed by atoms with Crippen LogP contribution in [0.3, 0.4) is 0 Å². The number of carbonyl (C=O) groups is 1. The van der Waals surface area contributed by atoms with Crippen molar-refractivity contribution >= 4 is 11.7 Å². The molecule has 2 aromatic rings. The number of rotatable bonds is 6. The summed E-state index contributed by atoms with van der Waals surface area (Å²) in [6, 6.07) is 18.1. The molecule has 2 rings (SSSR count). The Hall–Kier alpha value is -2.29. The number of hydrogen-bond acceptors (Lipinski definition) is 2. The van der Waals surface area contributed by atoms with Gasteiger partial charge in [-0.3, -0.25) is 4.79 Å². The van der Waals surface area contributed by atoms with Crippen LogP contribution in [0.5, 0.6) is 0 Å². The van der Waals surface area contributed by atoms with Crippen LogP contribution in [0.4, 0.5) is 5.69 Å². The summed E-state index contributed by atoms with van der Waals surface area (Å²) in [7, 11) is 0. The van der Waals surface area contributed by atoms with Gasteiger partial charge in [0.05, 0.1) is 0 Å². The first-order valence-electron chi connectivity index (χ1n) is 7.77. The van der Waals surface area contributed by atoms with Crippen molar-refractivity contribution in [2.45, 2.75) is 39.0 Å². The highest BCUT2D eigenvalue weighted by molar-refractivity contribution is 5.75. The lowest BCUT2D eigenvalue weighted by Gasteiger charge is -2.03. The molecule has 0 bridgehead atoms. The molecule has 0 amide bonds. The van der Waals surface area contributed by atoms with E-state index in [1.807, 2.05) is 42.5 Å². The van der Waals surface area contributed by atoms with Crippen molar-refractivity contribution in [2.75, 3.05) is 5.73 Å². The predicted octanol–water partition coefficient (Wildman–Crippen LogP) is 4.98. The van der Waals surface area contributed by atoms with Gasteiger partial charge in [-0.25, -0.2) is 0 Å². The van der Waals surface area contributed by atoms with Gasteiger partial charge in [0.1, 0.15) is 0 Å². The van der Waals surface area contributed by atoms with Crippen LogP contribution in [0.15, 0.2) is 54.6 Å². The molecule has 0 aliphatic carbocycles. The zero-order valence-electron chi connectivity index (χ0n) is 13.2. The Morgan fingerprint density at radius 1 is 0.955 bits per heavy atom. The molecule has 0 saturated heterocycles. The largest absolute Gasteiger partial charge is 0.481 e. The number of carboxylic acids is 1. The van der Waals surface area contributed by atoms with E-state index in [4.69, 9.17) is 10.8 Å². The van der Waals surface area contributed by atoms with Crippen LogP contribution in [0.25, 0.3) is 11.1 Å². The fourth-order valence-corrected chi connectivity index (χ4v) is 2.08. The fourth-order valence-electron chi connectivity index (χ4n) is 2.08. The Labute approximate surface area is 132 Å².